The largest absolute Gasteiger partial charge is 0.492 e. The highest BCUT2D eigenvalue weighted by atomic mass is 16.5. The highest BCUT2D eigenvalue weighted by Gasteiger charge is 2.25. The number of likely N-dealkylation sites (tertiary alicyclic amines) is 1. The fraction of sp³-hybridized carbons (Fsp3) is 0.632. The standard InChI is InChI=1S/C19H28N2O2/c22-19(17-14-16-8-3-4-9-18(16)23-15-17)20-10-7-13-21-11-5-1-2-6-12-21/h3-4,8-9,17H,1-2,5-7,10-15H2,(H,20,22). The summed E-state index contributed by atoms with van der Waals surface area (Å²) in [7, 11) is 0. The van der Waals surface area contributed by atoms with Crippen molar-refractivity contribution in [3.05, 3.63) is 29.8 Å². The minimum Gasteiger partial charge on any atom is -0.492 e. The van der Waals surface area contributed by atoms with Crippen LogP contribution < -0.4 is 10.1 Å². The molecule has 1 fully saturated rings. The molecule has 1 amide bonds. The molecular formula is C19H28N2O2. The highest BCUT2D eigenvalue weighted by molar-refractivity contribution is 5.79. The minimum absolute atomic E-state index is 0.0527. The van der Waals surface area contributed by atoms with E-state index in [0.29, 0.717) is 6.61 Å². The van der Waals surface area contributed by atoms with Crippen molar-refractivity contribution in [2.45, 2.75) is 38.5 Å². The average Bonchev–Trinajstić information content (AvgIpc) is 2.87. The van der Waals surface area contributed by atoms with E-state index in [1.807, 2.05) is 24.3 Å². The molecule has 23 heavy (non-hydrogen) atoms. The van der Waals surface area contributed by atoms with Crippen LogP contribution in [0, 0.1) is 5.92 Å². The first-order valence-corrected chi connectivity index (χ1v) is 9.04. The van der Waals surface area contributed by atoms with Gasteiger partial charge in [-0.05, 0) is 56.9 Å². The van der Waals surface area contributed by atoms with Gasteiger partial charge in [-0.25, -0.2) is 0 Å². The Balaban J connectivity index is 1.37. The van der Waals surface area contributed by atoms with Crippen molar-refractivity contribution in [3.8, 4) is 5.75 Å². The lowest BCUT2D eigenvalue weighted by molar-refractivity contribution is -0.126. The molecule has 1 unspecified atom stereocenters. The van der Waals surface area contributed by atoms with E-state index in [2.05, 4.69) is 10.2 Å². The van der Waals surface area contributed by atoms with Crippen molar-refractivity contribution in [1.29, 1.82) is 0 Å². The number of hydrogen-bond acceptors (Lipinski definition) is 3. The summed E-state index contributed by atoms with van der Waals surface area (Å²) < 4.78 is 5.70. The summed E-state index contributed by atoms with van der Waals surface area (Å²) in [6.45, 7) is 4.81. The van der Waals surface area contributed by atoms with E-state index in [1.165, 1.54) is 38.8 Å². The van der Waals surface area contributed by atoms with E-state index in [4.69, 9.17) is 4.74 Å². The molecule has 3 rings (SSSR count). The highest BCUT2D eigenvalue weighted by Crippen LogP contribution is 2.26. The summed E-state index contributed by atoms with van der Waals surface area (Å²) in [6, 6.07) is 8.00. The molecule has 1 aromatic carbocycles. The van der Waals surface area contributed by atoms with Gasteiger partial charge in [-0.3, -0.25) is 4.79 Å². The molecule has 0 saturated carbocycles. The van der Waals surface area contributed by atoms with Crippen LogP contribution in [0.15, 0.2) is 24.3 Å². The third kappa shape index (κ3) is 4.71. The summed E-state index contributed by atoms with van der Waals surface area (Å²) in [5.74, 6) is 1.01. The van der Waals surface area contributed by atoms with Crippen LogP contribution in [0.1, 0.15) is 37.7 Å². The monoisotopic (exact) mass is 316 g/mol. The maximum atomic E-state index is 12.3. The predicted octanol–water partition coefficient (Wildman–Crippen LogP) is 2.62. The first-order valence-electron chi connectivity index (χ1n) is 9.04. The molecule has 4 heteroatoms. The number of carbonyl (C=O) groups excluding carboxylic acids is 1. The maximum Gasteiger partial charge on any atom is 0.226 e. The second kappa shape index (κ2) is 8.34. The smallest absolute Gasteiger partial charge is 0.226 e. The fourth-order valence-electron chi connectivity index (χ4n) is 3.51. The normalized spacial score (nSPS) is 21.8. The predicted molar refractivity (Wildman–Crippen MR) is 91.7 cm³/mol. The van der Waals surface area contributed by atoms with Crippen LogP contribution in [0.5, 0.6) is 5.75 Å². The van der Waals surface area contributed by atoms with Gasteiger partial charge in [0.1, 0.15) is 12.4 Å². The number of rotatable bonds is 5. The molecule has 1 aromatic rings. The lowest BCUT2D eigenvalue weighted by Gasteiger charge is -2.25. The third-order valence-electron chi connectivity index (χ3n) is 4.90. The van der Waals surface area contributed by atoms with Gasteiger partial charge in [-0.15, -0.1) is 0 Å². The lowest BCUT2D eigenvalue weighted by atomic mass is 9.96. The summed E-state index contributed by atoms with van der Waals surface area (Å²) in [4.78, 5) is 14.9. The van der Waals surface area contributed by atoms with Crippen molar-refractivity contribution >= 4 is 5.91 Å². The maximum absolute atomic E-state index is 12.3. The topological polar surface area (TPSA) is 41.6 Å². The Morgan fingerprint density at radius 2 is 1.96 bits per heavy atom. The fourth-order valence-corrected chi connectivity index (χ4v) is 3.51. The van der Waals surface area contributed by atoms with E-state index >= 15 is 0 Å². The molecule has 0 radical (unpaired) electrons. The lowest BCUT2D eigenvalue weighted by Crippen LogP contribution is -2.38. The molecule has 2 aliphatic heterocycles. The van der Waals surface area contributed by atoms with Crippen LogP contribution in [-0.4, -0.2) is 43.6 Å². The number of amides is 1. The zero-order chi connectivity index (χ0) is 15.9. The molecule has 126 valence electrons. The molecule has 0 bridgehead atoms. The second-order valence-electron chi connectivity index (χ2n) is 6.72. The van der Waals surface area contributed by atoms with E-state index < -0.39 is 0 Å². The third-order valence-corrected chi connectivity index (χ3v) is 4.90. The van der Waals surface area contributed by atoms with Crippen LogP contribution in [-0.2, 0) is 11.2 Å². The minimum atomic E-state index is -0.0527. The molecule has 0 aliphatic carbocycles. The Hall–Kier alpha value is -1.55. The SMILES string of the molecule is O=C(NCCCN1CCCCCC1)C1COc2ccccc2C1. The Morgan fingerprint density at radius 1 is 1.17 bits per heavy atom. The number of nitrogens with one attached hydrogen (secondary N) is 1. The molecule has 4 nitrogen and oxygen atoms in total. The second-order valence-corrected chi connectivity index (χ2v) is 6.72. The van der Waals surface area contributed by atoms with Crippen molar-refractivity contribution in [2.24, 2.45) is 5.92 Å². The van der Waals surface area contributed by atoms with Gasteiger partial charge in [0.05, 0.1) is 5.92 Å². The Bertz CT molecular complexity index is 510. The van der Waals surface area contributed by atoms with Gasteiger partial charge in [-0.2, -0.15) is 0 Å². The molecule has 2 aliphatic rings. The van der Waals surface area contributed by atoms with Crippen LogP contribution in [0.4, 0.5) is 0 Å². The number of fused-ring (bicyclic) bond motifs is 1. The van der Waals surface area contributed by atoms with E-state index in [-0.39, 0.29) is 11.8 Å². The molecule has 0 aromatic heterocycles. The van der Waals surface area contributed by atoms with Gasteiger partial charge in [0.25, 0.3) is 0 Å². The quantitative estimate of drug-likeness (QED) is 0.849. The zero-order valence-electron chi connectivity index (χ0n) is 13.9. The van der Waals surface area contributed by atoms with Gasteiger partial charge in [-0.1, -0.05) is 31.0 Å². The molecule has 1 saturated heterocycles. The van der Waals surface area contributed by atoms with E-state index in [1.54, 1.807) is 0 Å². The number of nitrogens with zero attached hydrogens (tertiary/aromatic N) is 1. The Labute approximate surface area is 139 Å². The molecule has 2 heterocycles. The number of carbonyl (C=O) groups is 1. The first-order chi connectivity index (χ1) is 11.3. The molecule has 1 atom stereocenters. The number of hydrogen-bond donors (Lipinski definition) is 1. The van der Waals surface area contributed by atoms with Crippen molar-refractivity contribution in [1.82, 2.24) is 10.2 Å². The number of benzene rings is 1. The van der Waals surface area contributed by atoms with Gasteiger partial charge < -0.3 is 15.0 Å². The van der Waals surface area contributed by atoms with Gasteiger partial charge in [0, 0.05) is 6.54 Å². The van der Waals surface area contributed by atoms with Crippen molar-refractivity contribution < 1.29 is 9.53 Å². The number of para-hydroxylation sites is 1. The Kier molecular flexibility index (Phi) is 5.92. The average molecular weight is 316 g/mol. The number of ether oxygens (including phenoxy) is 1. The zero-order valence-corrected chi connectivity index (χ0v) is 13.9. The Morgan fingerprint density at radius 3 is 2.78 bits per heavy atom. The van der Waals surface area contributed by atoms with Crippen LogP contribution in [0.3, 0.4) is 0 Å². The molecular weight excluding hydrogens is 288 g/mol. The van der Waals surface area contributed by atoms with Crippen molar-refractivity contribution in [2.75, 3.05) is 32.8 Å². The van der Waals surface area contributed by atoms with Crippen molar-refractivity contribution in [3.63, 3.8) is 0 Å². The van der Waals surface area contributed by atoms with Gasteiger partial charge in [0.2, 0.25) is 5.91 Å². The van der Waals surface area contributed by atoms with Crippen LogP contribution in [0.25, 0.3) is 0 Å². The first kappa shape index (κ1) is 16.3. The van der Waals surface area contributed by atoms with Gasteiger partial charge in [0.15, 0.2) is 0 Å². The van der Waals surface area contributed by atoms with Gasteiger partial charge >= 0.3 is 0 Å². The summed E-state index contributed by atoms with van der Waals surface area (Å²) >= 11 is 0. The van der Waals surface area contributed by atoms with Crippen LogP contribution >= 0.6 is 0 Å². The summed E-state index contributed by atoms with van der Waals surface area (Å²) in [6.07, 6.45) is 7.22. The summed E-state index contributed by atoms with van der Waals surface area (Å²) in [5, 5.41) is 3.09. The molecule has 1 N–H and O–H groups in total. The van der Waals surface area contributed by atoms with E-state index in [9.17, 15) is 4.79 Å². The molecule has 0 spiro atoms. The summed E-state index contributed by atoms with van der Waals surface area (Å²) in [5.41, 5.74) is 1.14. The van der Waals surface area contributed by atoms with E-state index in [0.717, 1.165) is 37.2 Å². The van der Waals surface area contributed by atoms with Crippen LogP contribution in [0.2, 0.25) is 0 Å².